The van der Waals surface area contributed by atoms with Gasteiger partial charge in [-0.25, -0.2) is 14.8 Å². The highest BCUT2D eigenvalue weighted by Gasteiger charge is 2.12. The molecule has 2 aromatic carbocycles. The average Bonchev–Trinajstić information content (AvgIpc) is 3.43. The number of carbonyl (C=O) groups is 1. The molecule has 0 fully saturated rings. The third-order valence-corrected chi connectivity index (χ3v) is 6.28. The van der Waals surface area contributed by atoms with E-state index < -0.39 is 0 Å². The van der Waals surface area contributed by atoms with E-state index in [9.17, 15) is 4.79 Å². The van der Waals surface area contributed by atoms with E-state index in [4.69, 9.17) is 0 Å². The van der Waals surface area contributed by atoms with Gasteiger partial charge in [0.15, 0.2) is 10.3 Å². The van der Waals surface area contributed by atoms with Gasteiger partial charge < -0.3 is 9.80 Å². The molecule has 2 heterocycles. The quantitative estimate of drug-likeness (QED) is 0.382. The van der Waals surface area contributed by atoms with Crippen molar-refractivity contribution in [1.82, 2.24) is 9.97 Å². The van der Waals surface area contributed by atoms with E-state index in [1.807, 2.05) is 85.1 Å². The van der Waals surface area contributed by atoms with E-state index in [-0.39, 0.29) is 6.03 Å². The van der Waals surface area contributed by atoms with Gasteiger partial charge in [0.1, 0.15) is 0 Å². The van der Waals surface area contributed by atoms with Crippen molar-refractivity contribution in [3.05, 3.63) is 59.3 Å². The summed E-state index contributed by atoms with van der Waals surface area (Å²) in [5, 5.41) is 10.5. The lowest BCUT2D eigenvalue weighted by atomic mass is 10.1. The van der Waals surface area contributed by atoms with Gasteiger partial charge in [-0.3, -0.25) is 10.6 Å². The van der Waals surface area contributed by atoms with Crippen molar-refractivity contribution in [3.63, 3.8) is 0 Å². The first-order chi connectivity index (χ1) is 15.4. The lowest BCUT2D eigenvalue weighted by molar-refractivity contribution is 0.262. The summed E-state index contributed by atoms with van der Waals surface area (Å²) in [6, 6.07) is 15.9. The van der Waals surface area contributed by atoms with Crippen LogP contribution in [0.15, 0.2) is 59.3 Å². The summed E-state index contributed by atoms with van der Waals surface area (Å²) < 4.78 is 0. The smallest absolute Gasteiger partial charge is 0.327 e. The van der Waals surface area contributed by atoms with Gasteiger partial charge in [0.2, 0.25) is 0 Å². The Morgan fingerprint density at radius 2 is 1.19 bits per heavy atom. The molecular formula is C23H24N6OS2. The molecule has 0 bridgehead atoms. The van der Waals surface area contributed by atoms with Crippen molar-refractivity contribution < 1.29 is 4.79 Å². The maximum absolute atomic E-state index is 12.5. The van der Waals surface area contributed by atoms with Gasteiger partial charge in [-0.2, -0.15) is 0 Å². The maximum atomic E-state index is 12.5. The minimum atomic E-state index is -0.365. The molecule has 0 radical (unpaired) electrons. The molecule has 2 amide bonds. The van der Waals surface area contributed by atoms with Crippen LogP contribution < -0.4 is 20.4 Å². The summed E-state index contributed by atoms with van der Waals surface area (Å²) in [4.78, 5) is 25.6. The van der Waals surface area contributed by atoms with E-state index in [0.717, 1.165) is 33.9 Å². The van der Waals surface area contributed by atoms with Gasteiger partial charge in [0.25, 0.3) is 0 Å². The number of urea groups is 1. The second kappa shape index (κ2) is 9.37. The topological polar surface area (TPSA) is 73.4 Å². The van der Waals surface area contributed by atoms with Gasteiger partial charge in [0.05, 0.1) is 11.4 Å². The van der Waals surface area contributed by atoms with Crippen LogP contribution in [0.1, 0.15) is 0 Å². The lowest BCUT2D eigenvalue weighted by Gasteiger charge is -2.12. The van der Waals surface area contributed by atoms with Gasteiger partial charge in [0, 0.05) is 61.5 Å². The third kappa shape index (κ3) is 5.06. The van der Waals surface area contributed by atoms with Crippen molar-refractivity contribution in [3.8, 4) is 22.5 Å². The van der Waals surface area contributed by atoms with Gasteiger partial charge in [-0.05, 0) is 24.3 Å². The molecule has 4 rings (SSSR count). The SMILES string of the molecule is CN(C)c1cccc(-c2csc(NC(=O)Nc3nc(-c4cccc(N(C)C)c4)cs3)n2)c1. The van der Waals surface area contributed by atoms with Crippen LogP contribution in [0.4, 0.5) is 26.4 Å². The standard InChI is InChI=1S/C23H24N6OS2/c1-28(2)17-9-5-7-15(11-17)19-13-31-22(24-19)26-21(30)27-23-25-20(14-32-23)16-8-6-10-18(12-16)29(3)4/h5-14H,1-4H3,(H2,24,25,26,27,30). The van der Waals surface area contributed by atoms with E-state index in [0.29, 0.717) is 10.3 Å². The minimum Gasteiger partial charge on any atom is -0.378 e. The van der Waals surface area contributed by atoms with E-state index >= 15 is 0 Å². The summed E-state index contributed by atoms with van der Waals surface area (Å²) in [5.41, 5.74) is 5.85. The summed E-state index contributed by atoms with van der Waals surface area (Å²) in [5.74, 6) is 0. The summed E-state index contributed by atoms with van der Waals surface area (Å²) >= 11 is 2.77. The Bertz CT molecular complexity index is 1140. The maximum Gasteiger partial charge on any atom is 0.327 e. The first kappa shape index (κ1) is 21.8. The second-order valence-electron chi connectivity index (χ2n) is 7.54. The molecular weight excluding hydrogens is 440 g/mol. The van der Waals surface area contributed by atoms with Crippen molar-refractivity contribution in [2.45, 2.75) is 0 Å². The number of anilines is 4. The molecule has 0 aliphatic carbocycles. The number of thiazole rings is 2. The number of nitrogens with one attached hydrogen (secondary N) is 2. The number of hydrogen-bond donors (Lipinski definition) is 2. The highest BCUT2D eigenvalue weighted by atomic mass is 32.1. The van der Waals surface area contributed by atoms with Crippen LogP contribution in [0.2, 0.25) is 0 Å². The number of carbonyl (C=O) groups excluding carboxylic acids is 1. The molecule has 0 spiro atoms. The van der Waals surface area contributed by atoms with Gasteiger partial charge >= 0.3 is 6.03 Å². The summed E-state index contributed by atoms with van der Waals surface area (Å²) in [6.45, 7) is 0. The zero-order chi connectivity index (χ0) is 22.7. The second-order valence-corrected chi connectivity index (χ2v) is 9.26. The lowest BCUT2D eigenvalue weighted by Crippen LogP contribution is -2.19. The Morgan fingerprint density at radius 3 is 1.59 bits per heavy atom. The van der Waals surface area contributed by atoms with Crippen molar-refractivity contribution >= 4 is 50.3 Å². The van der Waals surface area contributed by atoms with Crippen molar-refractivity contribution in [2.75, 3.05) is 48.6 Å². The number of nitrogens with zero attached hydrogens (tertiary/aromatic N) is 4. The Kier molecular flexibility index (Phi) is 6.38. The first-order valence-corrected chi connectivity index (χ1v) is 11.7. The largest absolute Gasteiger partial charge is 0.378 e. The number of benzene rings is 2. The first-order valence-electron chi connectivity index (χ1n) is 9.93. The van der Waals surface area contributed by atoms with Gasteiger partial charge in [-0.1, -0.05) is 24.3 Å². The molecule has 0 unspecified atom stereocenters. The fourth-order valence-electron chi connectivity index (χ4n) is 3.04. The Morgan fingerprint density at radius 1 is 0.750 bits per heavy atom. The van der Waals surface area contributed by atoms with Crippen LogP contribution in [0.3, 0.4) is 0 Å². The predicted octanol–water partition coefficient (Wildman–Crippen LogP) is 5.71. The van der Waals surface area contributed by atoms with Crippen LogP contribution in [0.25, 0.3) is 22.5 Å². The number of aromatic nitrogens is 2. The van der Waals surface area contributed by atoms with Crippen molar-refractivity contribution in [2.24, 2.45) is 0 Å². The summed E-state index contributed by atoms with van der Waals surface area (Å²) in [6.07, 6.45) is 0. The summed E-state index contributed by atoms with van der Waals surface area (Å²) in [7, 11) is 8.00. The molecule has 0 saturated heterocycles. The zero-order valence-electron chi connectivity index (χ0n) is 18.3. The van der Waals surface area contributed by atoms with E-state index in [1.165, 1.54) is 22.7 Å². The molecule has 32 heavy (non-hydrogen) atoms. The Labute approximate surface area is 195 Å². The Balaban J connectivity index is 1.41. The van der Waals surface area contributed by atoms with Crippen LogP contribution in [-0.2, 0) is 0 Å². The molecule has 2 N–H and O–H groups in total. The monoisotopic (exact) mass is 464 g/mol. The molecule has 0 aliphatic heterocycles. The average molecular weight is 465 g/mol. The molecule has 9 heteroatoms. The number of amides is 2. The molecule has 7 nitrogen and oxygen atoms in total. The minimum absolute atomic E-state index is 0.365. The number of rotatable bonds is 6. The molecule has 0 aliphatic rings. The van der Waals surface area contributed by atoms with E-state index in [2.05, 4.69) is 32.7 Å². The van der Waals surface area contributed by atoms with Gasteiger partial charge in [-0.15, -0.1) is 22.7 Å². The fourth-order valence-corrected chi connectivity index (χ4v) is 4.47. The fraction of sp³-hybridized carbons (Fsp3) is 0.174. The third-order valence-electron chi connectivity index (χ3n) is 4.77. The molecule has 164 valence electrons. The van der Waals surface area contributed by atoms with Crippen LogP contribution in [0, 0.1) is 0 Å². The normalized spacial score (nSPS) is 10.6. The van der Waals surface area contributed by atoms with Crippen molar-refractivity contribution in [1.29, 1.82) is 0 Å². The highest BCUT2D eigenvalue weighted by Crippen LogP contribution is 2.29. The zero-order valence-corrected chi connectivity index (χ0v) is 19.9. The highest BCUT2D eigenvalue weighted by molar-refractivity contribution is 7.14. The van der Waals surface area contributed by atoms with Crippen LogP contribution >= 0.6 is 22.7 Å². The van der Waals surface area contributed by atoms with Crippen LogP contribution in [-0.4, -0.2) is 44.2 Å². The molecule has 0 atom stereocenters. The van der Waals surface area contributed by atoms with E-state index in [1.54, 1.807) is 0 Å². The molecule has 4 aromatic rings. The predicted molar refractivity (Wildman–Crippen MR) is 136 cm³/mol. The van der Waals surface area contributed by atoms with Crippen LogP contribution in [0.5, 0.6) is 0 Å². The molecule has 2 aromatic heterocycles. The Hall–Kier alpha value is -3.43. The molecule has 0 saturated carbocycles. The number of hydrogen-bond acceptors (Lipinski definition) is 7.